The maximum atomic E-state index is 12.9. The number of pyridine rings is 1. The van der Waals surface area contributed by atoms with Crippen LogP contribution in [0.5, 0.6) is 11.9 Å². The number of aryl methyl sites for hydroxylation is 2. The number of imidazole rings is 1. The standard InChI is InChI=1S/C24H23N7O4S2.BrH/c1-14-9-10-31-20(11-14)25-15(2)22(31)18-13-36-24(27-18)26-16-5-7-17(8-6-16)37(32,33)30-19-12-21(34-3)29-23(28-19)35-4;/h5-13H,1-4H3,(H,26,27)(H,28,29,30);1H. The highest BCUT2D eigenvalue weighted by molar-refractivity contribution is 8.93. The van der Waals surface area contributed by atoms with E-state index in [0.717, 1.165) is 28.3 Å². The number of thiazole rings is 1. The van der Waals surface area contributed by atoms with E-state index in [-0.39, 0.29) is 39.6 Å². The monoisotopic (exact) mass is 617 g/mol. The van der Waals surface area contributed by atoms with Crippen molar-refractivity contribution in [2.45, 2.75) is 18.7 Å². The van der Waals surface area contributed by atoms with Gasteiger partial charge in [-0.2, -0.15) is 9.97 Å². The van der Waals surface area contributed by atoms with E-state index < -0.39 is 10.0 Å². The molecule has 0 radical (unpaired) electrons. The van der Waals surface area contributed by atoms with Gasteiger partial charge < -0.3 is 14.8 Å². The highest BCUT2D eigenvalue weighted by Gasteiger charge is 2.18. The van der Waals surface area contributed by atoms with Gasteiger partial charge in [0.15, 0.2) is 10.9 Å². The summed E-state index contributed by atoms with van der Waals surface area (Å²) < 4.78 is 40.2. The van der Waals surface area contributed by atoms with Crippen molar-refractivity contribution in [1.82, 2.24) is 24.3 Å². The summed E-state index contributed by atoms with van der Waals surface area (Å²) in [4.78, 5) is 17.4. The molecule has 0 saturated heterocycles. The van der Waals surface area contributed by atoms with Gasteiger partial charge in [-0.05, 0) is 55.8 Å². The van der Waals surface area contributed by atoms with Gasteiger partial charge in [0.1, 0.15) is 11.3 Å². The number of nitrogens with zero attached hydrogens (tertiary/aromatic N) is 5. The fourth-order valence-corrected chi connectivity index (χ4v) is 5.41. The summed E-state index contributed by atoms with van der Waals surface area (Å²) in [7, 11) is -1.12. The number of aromatic nitrogens is 5. The lowest BCUT2D eigenvalue weighted by Gasteiger charge is -2.10. The molecule has 0 aliphatic carbocycles. The first-order valence-electron chi connectivity index (χ1n) is 11.0. The number of ether oxygens (including phenoxy) is 2. The molecular formula is C24H24BrN7O4S2. The van der Waals surface area contributed by atoms with Crippen LogP contribution in [-0.4, -0.2) is 47.0 Å². The van der Waals surface area contributed by atoms with Crippen molar-refractivity contribution >= 4 is 60.6 Å². The third-order valence-corrected chi connectivity index (χ3v) is 7.56. The van der Waals surface area contributed by atoms with E-state index >= 15 is 0 Å². The van der Waals surface area contributed by atoms with E-state index in [0.29, 0.717) is 10.8 Å². The van der Waals surface area contributed by atoms with E-state index in [1.807, 2.05) is 42.0 Å². The minimum Gasteiger partial charge on any atom is -0.481 e. The first-order valence-corrected chi connectivity index (χ1v) is 13.4. The van der Waals surface area contributed by atoms with Crippen molar-refractivity contribution in [3.63, 3.8) is 0 Å². The van der Waals surface area contributed by atoms with Gasteiger partial charge in [-0.25, -0.2) is 18.4 Å². The van der Waals surface area contributed by atoms with Crippen LogP contribution in [0.15, 0.2) is 58.9 Å². The molecule has 11 nitrogen and oxygen atoms in total. The zero-order valence-corrected chi connectivity index (χ0v) is 24.1. The quantitative estimate of drug-likeness (QED) is 0.246. The molecule has 0 aliphatic rings. The van der Waals surface area contributed by atoms with Crippen molar-refractivity contribution in [3.05, 3.63) is 65.3 Å². The van der Waals surface area contributed by atoms with E-state index in [9.17, 15) is 8.42 Å². The van der Waals surface area contributed by atoms with Gasteiger partial charge in [0, 0.05) is 23.3 Å². The van der Waals surface area contributed by atoms with Gasteiger partial charge in [0.05, 0.1) is 30.5 Å². The van der Waals surface area contributed by atoms with Gasteiger partial charge in [-0.1, -0.05) is 0 Å². The second-order valence-corrected chi connectivity index (χ2v) is 10.6. The lowest BCUT2D eigenvalue weighted by atomic mass is 10.2. The smallest absolute Gasteiger partial charge is 0.321 e. The summed E-state index contributed by atoms with van der Waals surface area (Å²) in [6.45, 7) is 4.00. The van der Waals surface area contributed by atoms with E-state index in [4.69, 9.17) is 14.5 Å². The third kappa shape index (κ3) is 5.56. The SMILES string of the molecule is Br.COc1cc(NS(=O)(=O)c2ccc(Nc3nc(-c4c(C)nc5cc(C)ccn45)cs3)cc2)nc(OC)n1. The summed E-state index contributed by atoms with van der Waals surface area (Å²) in [5.74, 6) is 0.195. The van der Waals surface area contributed by atoms with Crippen molar-refractivity contribution < 1.29 is 17.9 Å². The fraction of sp³-hybridized carbons (Fsp3) is 0.167. The Labute approximate surface area is 233 Å². The van der Waals surface area contributed by atoms with Crippen molar-refractivity contribution in [2.75, 3.05) is 24.3 Å². The van der Waals surface area contributed by atoms with E-state index in [2.05, 4.69) is 25.0 Å². The van der Waals surface area contributed by atoms with E-state index in [1.165, 1.54) is 43.8 Å². The summed E-state index contributed by atoms with van der Waals surface area (Å²) in [6, 6.07) is 11.7. The predicted octanol–water partition coefficient (Wildman–Crippen LogP) is 5.00. The molecule has 0 atom stereocenters. The predicted molar refractivity (Wildman–Crippen MR) is 152 cm³/mol. The lowest BCUT2D eigenvalue weighted by Crippen LogP contribution is -2.14. The second kappa shape index (κ2) is 10.9. The van der Waals surface area contributed by atoms with Crippen LogP contribution in [0.4, 0.5) is 16.6 Å². The Balaban J connectivity index is 0.00000336. The number of nitrogens with one attached hydrogen (secondary N) is 2. The van der Waals surface area contributed by atoms with Gasteiger partial charge in [-0.3, -0.25) is 9.12 Å². The lowest BCUT2D eigenvalue weighted by molar-refractivity contribution is 0.353. The van der Waals surface area contributed by atoms with Gasteiger partial charge in [-0.15, -0.1) is 28.3 Å². The number of sulfonamides is 1. The van der Waals surface area contributed by atoms with Crippen LogP contribution in [0.2, 0.25) is 0 Å². The molecule has 0 aliphatic heterocycles. The fourth-order valence-electron chi connectivity index (χ4n) is 3.70. The minimum absolute atomic E-state index is 0. The Hall–Kier alpha value is -3.75. The van der Waals surface area contributed by atoms with Gasteiger partial charge in [0.2, 0.25) is 5.88 Å². The zero-order chi connectivity index (χ0) is 26.2. The van der Waals surface area contributed by atoms with Crippen LogP contribution in [0.1, 0.15) is 11.3 Å². The molecule has 2 N–H and O–H groups in total. The topological polar surface area (TPSA) is 133 Å². The number of halogens is 1. The Morgan fingerprint density at radius 3 is 2.42 bits per heavy atom. The second-order valence-electron chi connectivity index (χ2n) is 8.05. The number of fused-ring (bicyclic) bond motifs is 1. The normalized spacial score (nSPS) is 11.2. The average Bonchev–Trinajstić information content (AvgIpc) is 3.46. The molecule has 5 rings (SSSR count). The van der Waals surface area contributed by atoms with Gasteiger partial charge in [0.25, 0.3) is 10.0 Å². The van der Waals surface area contributed by atoms with Crippen LogP contribution >= 0.6 is 28.3 Å². The van der Waals surface area contributed by atoms with Crippen LogP contribution in [0.3, 0.4) is 0 Å². The summed E-state index contributed by atoms with van der Waals surface area (Å²) in [6.07, 6.45) is 1.99. The number of rotatable bonds is 8. The largest absolute Gasteiger partial charge is 0.481 e. The Morgan fingerprint density at radius 1 is 0.947 bits per heavy atom. The highest BCUT2D eigenvalue weighted by atomic mass is 79.9. The Bertz CT molecular complexity index is 1680. The maximum absolute atomic E-state index is 12.9. The average molecular weight is 619 g/mol. The molecule has 0 saturated carbocycles. The Morgan fingerprint density at radius 2 is 1.71 bits per heavy atom. The molecule has 0 bridgehead atoms. The molecule has 1 aromatic carbocycles. The molecule has 0 spiro atoms. The molecule has 5 aromatic rings. The van der Waals surface area contributed by atoms with Crippen molar-refractivity contribution in [2.24, 2.45) is 0 Å². The molecule has 4 aromatic heterocycles. The third-order valence-electron chi connectivity index (χ3n) is 5.43. The first-order chi connectivity index (χ1) is 17.8. The minimum atomic E-state index is -3.91. The molecule has 0 fully saturated rings. The Kier molecular flexibility index (Phi) is 7.85. The van der Waals surface area contributed by atoms with Crippen LogP contribution in [-0.2, 0) is 10.0 Å². The molecular weight excluding hydrogens is 594 g/mol. The summed E-state index contributed by atoms with van der Waals surface area (Å²) >= 11 is 1.45. The summed E-state index contributed by atoms with van der Waals surface area (Å²) in [5, 5.41) is 5.87. The number of anilines is 3. The number of methoxy groups -OCH3 is 2. The molecule has 14 heteroatoms. The van der Waals surface area contributed by atoms with Crippen LogP contribution in [0.25, 0.3) is 17.0 Å². The number of hydrogen-bond acceptors (Lipinski definition) is 10. The molecule has 198 valence electrons. The number of benzene rings is 1. The first kappa shape index (κ1) is 27.3. The van der Waals surface area contributed by atoms with Crippen molar-refractivity contribution in [1.29, 1.82) is 0 Å². The molecule has 0 amide bonds. The molecule has 4 heterocycles. The van der Waals surface area contributed by atoms with Crippen LogP contribution in [0, 0.1) is 13.8 Å². The van der Waals surface area contributed by atoms with E-state index in [1.54, 1.807) is 12.1 Å². The zero-order valence-electron chi connectivity index (χ0n) is 20.8. The highest BCUT2D eigenvalue weighted by Crippen LogP contribution is 2.30. The molecule has 38 heavy (non-hydrogen) atoms. The van der Waals surface area contributed by atoms with Gasteiger partial charge >= 0.3 is 6.01 Å². The van der Waals surface area contributed by atoms with Crippen molar-refractivity contribution in [3.8, 4) is 23.3 Å². The maximum Gasteiger partial charge on any atom is 0.321 e. The summed E-state index contributed by atoms with van der Waals surface area (Å²) in [5.41, 5.74) is 5.34. The van der Waals surface area contributed by atoms with Crippen LogP contribution < -0.4 is 19.5 Å². The molecule has 0 unspecified atom stereocenters. The number of hydrogen-bond donors (Lipinski definition) is 2.